The number of hydrogen-bond acceptors (Lipinski definition) is 9. The average Bonchev–Trinajstić information content (AvgIpc) is 3.46. The van der Waals surface area contributed by atoms with Crippen molar-refractivity contribution in [1.29, 1.82) is 0 Å². The molecule has 0 aliphatic carbocycles. The molecule has 50 heavy (non-hydrogen) atoms. The monoisotopic (exact) mass is 686 g/mol. The highest BCUT2D eigenvalue weighted by atomic mass is 16.6. The van der Waals surface area contributed by atoms with E-state index in [-0.39, 0.29) is 24.8 Å². The van der Waals surface area contributed by atoms with E-state index < -0.39 is 41.6 Å². The standard InChI is InChI=1S/C37H42N4O9/c1-23(2)32(40-35(45)50-37(3,4)5)33(43)38-20-31(42)39-27-15-12-25(13-16-27)22-49-36(46)41-29-19-28(48-21-24-10-8-7-9-11-24)17-14-26(29)18-30(41)34(44)47-6/h7-19,23,32H,20-22H2,1-6H3,(H,38,43)(H,39,42)(H,40,45). The maximum absolute atomic E-state index is 13.3. The Labute approximate surface area is 290 Å². The van der Waals surface area contributed by atoms with Crippen molar-refractivity contribution < 1.29 is 42.9 Å². The smallest absolute Gasteiger partial charge is 0.419 e. The third-order valence-corrected chi connectivity index (χ3v) is 7.25. The predicted octanol–water partition coefficient (Wildman–Crippen LogP) is 5.80. The normalized spacial score (nSPS) is 11.7. The second-order valence-electron chi connectivity index (χ2n) is 12.7. The molecule has 1 aromatic heterocycles. The Kier molecular flexibility index (Phi) is 12.2. The van der Waals surface area contributed by atoms with Crippen LogP contribution < -0.4 is 20.7 Å². The Bertz CT molecular complexity index is 1830. The van der Waals surface area contributed by atoms with Gasteiger partial charge in [0, 0.05) is 17.1 Å². The van der Waals surface area contributed by atoms with Gasteiger partial charge in [-0.1, -0.05) is 56.3 Å². The molecule has 0 bridgehead atoms. The van der Waals surface area contributed by atoms with Crippen molar-refractivity contribution in [2.24, 2.45) is 5.92 Å². The van der Waals surface area contributed by atoms with E-state index in [4.69, 9.17) is 18.9 Å². The van der Waals surface area contributed by atoms with E-state index in [9.17, 15) is 24.0 Å². The number of alkyl carbamates (subject to hydrolysis) is 1. The third kappa shape index (κ3) is 10.3. The van der Waals surface area contributed by atoms with E-state index in [1.54, 1.807) is 83.1 Å². The summed E-state index contributed by atoms with van der Waals surface area (Å²) in [7, 11) is 1.23. The Morgan fingerprint density at radius 1 is 0.840 bits per heavy atom. The minimum absolute atomic E-state index is 0.00167. The lowest BCUT2D eigenvalue weighted by atomic mass is 10.0. The average molecular weight is 687 g/mol. The van der Waals surface area contributed by atoms with Gasteiger partial charge in [0.05, 0.1) is 19.2 Å². The molecule has 0 fully saturated rings. The number of amides is 3. The van der Waals surface area contributed by atoms with Gasteiger partial charge in [0.1, 0.15) is 36.3 Å². The summed E-state index contributed by atoms with van der Waals surface area (Å²) in [5.74, 6) is -1.48. The molecule has 3 N–H and O–H groups in total. The zero-order chi connectivity index (χ0) is 36.4. The number of esters is 1. The molecule has 4 aromatic rings. The van der Waals surface area contributed by atoms with Crippen LogP contribution in [0.2, 0.25) is 0 Å². The summed E-state index contributed by atoms with van der Waals surface area (Å²) < 4.78 is 22.8. The van der Waals surface area contributed by atoms with Crippen LogP contribution in [0.25, 0.3) is 10.9 Å². The molecule has 13 heteroatoms. The second kappa shape index (κ2) is 16.5. The van der Waals surface area contributed by atoms with Crippen molar-refractivity contribution in [3.05, 3.63) is 95.7 Å². The molecule has 3 amide bonds. The Morgan fingerprint density at radius 2 is 1.52 bits per heavy atom. The molecular formula is C37H42N4O9. The molecule has 4 rings (SSSR count). The fourth-order valence-corrected chi connectivity index (χ4v) is 4.81. The summed E-state index contributed by atoms with van der Waals surface area (Å²) in [6.07, 6.45) is -1.53. The van der Waals surface area contributed by atoms with Gasteiger partial charge in [0.15, 0.2) is 0 Å². The Balaban J connectivity index is 1.34. The number of benzene rings is 3. The predicted molar refractivity (Wildman–Crippen MR) is 186 cm³/mol. The molecule has 0 saturated carbocycles. The van der Waals surface area contributed by atoms with E-state index in [1.807, 2.05) is 30.3 Å². The van der Waals surface area contributed by atoms with E-state index in [2.05, 4.69) is 16.0 Å². The van der Waals surface area contributed by atoms with Gasteiger partial charge in [0.2, 0.25) is 11.8 Å². The quantitative estimate of drug-likeness (QED) is 0.124. The van der Waals surface area contributed by atoms with E-state index >= 15 is 0 Å². The zero-order valence-corrected chi connectivity index (χ0v) is 28.9. The minimum atomic E-state index is -0.900. The van der Waals surface area contributed by atoms with Crippen molar-refractivity contribution in [3.63, 3.8) is 0 Å². The van der Waals surface area contributed by atoms with Crippen LogP contribution in [0.15, 0.2) is 78.9 Å². The highest BCUT2D eigenvalue weighted by Crippen LogP contribution is 2.27. The lowest BCUT2D eigenvalue weighted by Crippen LogP contribution is -2.52. The first-order valence-corrected chi connectivity index (χ1v) is 16.0. The van der Waals surface area contributed by atoms with Crippen LogP contribution in [0.4, 0.5) is 15.3 Å². The summed E-state index contributed by atoms with van der Waals surface area (Å²) in [6.45, 7) is 8.53. The Morgan fingerprint density at radius 3 is 2.16 bits per heavy atom. The number of fused-ring (bicyclic) bond motifs is 1. The van der Waals surface area contributed by atoms with Crippen molar-refractivity contribution >= 4 is 46.6 Å². The molecule has 0 radical (unpaired) electrons. The lowest BCUT2D eigenvalue weighted by molar-refractivity contribution is -0.126. The van der Waals surface area contributed by atoms with Crippen LogP contribution in [-0.2, 0) is 37.0 Å². The molecule has 1 atom stereocenters. The molecule has 0 saturated heterocycles. The molecule has 3 aromatic carbocycles. The van der Waals surface area contributed by atoms with Gasteiger partial charge >= 0.3 is 18.2 Å². The third-order valence-electron chi connectivity index (χ3n) is 7.25. The molecule has 1 heterocycles. The molecule has 0 aliphatic rings. The van der Waals surface area contributed by atoms with Gasteiger partial charge in [-0.15, -0.1) is 0 Å². The van der Waals surface area contributed by atoms with Crippen LogP contribution >= 0.6 is 0 Å². The number of rotatable bonds is 12. The first-order valence-electron chi connectivity index (χ1n) is 16.0. The van der Waals surface area contributed by atoms with Crippen LogP contribution in [0.1, 0.15) is 56.2 Å². The number of nitrogens with zero attached hydrogens (tertiary/aromatic N) is 1. The van der Waals surface area contributed by atoms with Crippen LogP contribution in [0.3, 0.4) is 0 Å². The number of ether oxygens (including phenoxy) is 4. The molecule has 0 spiro atoms. The lowest BCUT2D eigenvalue weighted by Gasteiger charge is -2.25. The first kappa shape index (κ1) is 37.0. The summed E-state index contributed by atoms with van der Waals surface area (Å²) in [5.41, 5.74) is 1.71. The number of carbonyl (C=O) groups excluding carboxylic acids is 5. The molecule has 13 nitrogen and oxygen atoms in total. The SMILES string of the molecule is COC(=O)c1cc2ccc(OCc3ccccc3)cc2n1C(=O)OCc1ccc(NC(=O)CNC(=O)C(NC(=O)OC(C)(C)C)C(C)C)cc1. The number of carbonyl (C=O) groups is 5. The highest BCUT2D eigenvalue weighted by molar-refractivity contribution is 6.02. The molecule has 1 unspecified atom stereocenters. The topological polar surface area (TPSA) is 163 Å². The summed E-state index contributed by atoms with van der Waals surface area (Å²) in [6, 6.07) is 22.0. The fraction of sp³-hybridized carbons (Fsp3) is 0.324. The van der Waals surface area contributed by atoms with Crippen LogP contribution in [-0.4, -0.2) is 59.8 Å². The number of anilines is 1. The van der Waals surface area contributed by atoms with Gasteiger partial charge in [-0.25, -0.2) is 19.0 Å². The molecular weight excluding hydrogens is 644 g/mol. The zero-order valence-electron chi connectivity index (χ0n) is 28.9. The second-order valence-corrected chi connectivity index (χ2v) is 12.7. The van der Waals surface area contributed by atoms with Gasteiger partial charge in [0.25, 0.3) is 0 Å². The van der Waals surface area contributed by atoms with Gasteiger partial charge in [-0.05, 0) is 68.1 Å². The van der Waals surface area contributed by atoms with E-state index in [0.717, 1.165) is 10.1 Å². The maximum atomic E-state index is 13.3. The van der Waals surface area contributed by atoms with Gasteiger partial charge in [-0.3, -0.25) is 9.59 Å². The van der Waals surface area contributed by atoms with Gasteiger partial charge in [-0.2, -0.15) is 0 Å². The molecule has 264 valence electrons. The van der Waals surface area contributed by atoms with E-state index in [0.29, 0.717) is 34.5 Å². The maximum Gasteiger partial charge on any atom is 0.419 e. The number of hydrogen-bond donors (Lipinski definition) is 3. The summed E-state index contributed by atoms with van der Waals surface area (Å²) in [4.78, 5) is 63.3. The highest BCUT2D eigenvalue weighted by Gasteiger charge is 2.27. The number of aromatic nitrogens is 1. The van der Waals surface area contributed by atoms with Gasteiger partial charge < -0.3 is 34.9 Å². The molecule has 0 aliphatic heterocycles. The minimum Gasteiger partial charge on any atom is -0.489 e. The largest absolute Gasteiger partial charge is 0.489 e. The summed E-state index contributed by atoms with van der Waals surface area (Å²) >= 11 is 0. The summed E-state index contributed by atoms with van der Waals surface area (Å²) in [5, 5.41) is 8.38. The van der Waals surface area contributed by atoms with Crippen molar-refractivity contribution in [2.45, 2.75) is 59.5 Å². The fourth-order valence-electron chi connectivity index (χ4n) is 4.81. The van der Waals surface area contributed by atoms with Crippen LogP contribution in [0.5, 0.6) is 5.75 Å². The number of methoxy groups -OCH3 is 1. The Hall–Kier alpha value is -5.85. The van der Waals surface area contributed by atoms with Crippen molar-refractivity contribution in [3.8, 4) is 5.75 Å². The first-order chi connectivity index (χ1) is 23.7. The van der Waals surface area contributed by atoms with Crippen LogP contribution in [0, 0.1) is 5.92 Å². The van der Waals surface area contributed by atoms with E-state index in [1.165, 1.54) is 7.11 Å². The van der Waals surface area contributed by atoms with Crippen molar-refractivity contribution in [2.75, 3.05) is 19.0 Å². The van der Waals surface area contributed by atoms with Crippen molar-refractivity contribution in [1.82, 2.24) is 15.2 Å². The number of nitrogens with one attached hydrogen (secondary N) is 3.